The zero-order chi connectivity index (χ0) is 26.4. The number of halogens is 3. The first-order chi connectivity index (χ1) is 18.3. The Balaban J connectivity index is 1.47. The molecule has 38 heavy (non-hydrogen) atoms. The second-order valence-corrected chi connectivity index (χ2v) is 11.7. The van der Waals surface area contributed by atoms with Gasteiger partial charge in [-0.05, 0) is 53.6 Å². The van der Waals surface area contributed by atoms with Crippen LogP contribution in [-0.4, -0.2) is 37.7 Å². The number of ether oxygens (including phenoxy) is 2. The maximum atomic E-state index is 14.0. The third-order valence-electron chi connectivity index (χ3n) is 7.72. The number of anilines is 2. The number of amides is 2. The summed E-state index contributed by atoms with van der Waals surface area (Å²) in [6.45, 7) is 1.43. The van der Waals surface area contributed by atoms with Crippen LogP contribution in [0.25, 0.3) is 0 Å². The van der Waals surface area contributed by atoms with E-state index in [0.717, 1.165) is 28.4 Å². The molecule has 1 N–H and O–H groups in total. The van der Waals surface area contributed by atoms with Gasteiger partial charge in [0.1, 0.15) is 17.3 Å². The van der Waals surface area contributed by atoms with Gasteiger partial charge in [-0.3, -0.25) is 9.59 Å². The molecule has 0 aromatic heterocycles. The van der Waals surface area contributed by atoms with Crippen molar-refractivity contribution in [3.63, 3.8) is 0 Å². The molecule has 0 aliphatic carbocycles. The Morgan fingerprint density at radius 1 is 1.00 bits per heavy atom. The average Bonchev–Trinajstić information content (AvgIpc) is 3.17. The Morgan fingerprint density at radius 3 is 2.58 bits per heavy atom. The fourth-order valence-corrected chi connectivity index (χ4v) is 6.61. The predicted molar refractivity (Wildman–Crippen MR) is 152 cm³/mol. The van der Waals surface area contributed by atoms with Gasteiger partial charge in [-0.2, -0.15) is 0 Å². The number of nitrogens with zero attached hydrogens (tertiary/aromatic N) is 1. The van der Waals surface area contributed by atoms with E-state index in [4.69, 9.17) is 32.7 Å². The summed E-state index contributed by atoms with van der Waals surface area (Å²) < 4.78 is 12.7. The Labute approximate surface area is 239 Å². The van der Waals surface area contributed by atoms with Gasteiger partial charge in [0.25, 0.3) is 0 Å². The molecular formula is C29H25BrCl2N2O4. The van der Waals surface area contributed by atoms with Gasteiger partial charge in [0, 0.05) is 51.9 Å². The van der Waals surface area contributed by atoms with E-state index in [9.17, 15) is 9.59 Å². The summed E-state index contributed by atoms with van der Waals surface area (Å²) >= 11 is 16.2. The van der Waals surface area contributed by atoms with Crippen molar-refractivity contribution in [1.29, 1.82) is 0 Å². The first-order valence-corrected chi connectivity index (χ1v) is 14.1. The molecular weight excluding hydrogens is 591 g/mol. The summed E-state index contributed by atoms with van der Waals surface area (Å²) in [5.41, 5.74) is 1.91. The van der Waals surface area contributed by atoms with Gasteiger partial charge in [-0.1, -0.05) is 57.3 Å². The van der Waals surface area contributed by atoms with E-state index in [-0.39, 0.29) is 30.9 Å². The van der Waals surface area contributed by atoms with Crippen molar-refractivity contribution in [3.05, 3.63) is 86.3 Å². The van der Waals surface area contributed by atoms with Gasteiger partial charge in [-0.25, -0.2) is 0 Å². The second-order valence-electron chi connectivity index (χ2n) is 9.95. The highest BCUT2D eigenvalue weighted by molar-refractivity contribution is 9.10. The van der Waals surface area contributed by atoms with E-state index in [0.29, 0.717) is 40.4 Å². The van der Waals surface area contributed by atoms with Crippen molar-refractivity contribution in [1.82, 2.24) is 0 Å². The molecule has 6 rings (SSSR count). The first-order valence-electron chi connectivity index (χ1n) is 12.6. The molecule has 2 unspecified atom stereocenters. The predicted octanol–water partition coefficient (Wildman–Crippen LogP) is 6.72. The molecule has 196 valence electrons. The van der Waals surface area contributed by atoms with Gasteiger partial charge >= 0.3 is 0 Å². The zero-order valence-corrected chi connectivity index (χ0v) is 23.5. The van der Waals surface area contributed by atoms with Crippen LogP contribution in [0.4, 0.5) is 11.4 Å². The van der Waals surface area contributed by atoms with Crippen LogP contribution in [0, 0.1) is 0 Å². The molecule has 9 heteroatoms. The lowest BCUT2D eigenvalue weighted by Gasteiger charge is -2.45. The Morgan fingerprint density at radius 2 is 1.79 bits per heavy atom. The van der Waals surface area contributed by atoms with Crippen LogP contribution in [-0.2, 0) is 19.7 Å². The molecule has 2 fully saturated rings. The lowest BCUT2D eigenvalue weighted by Crippen LogP contribution is -2.56. The smallest absolute Gasteiger partial charge is 0.237 e. The van der Waals surface area contributed by atoms with E-state index in [2.05, 4.69) is 21.2 Å². The molecule has 2 atom stereocenters. The summed E-state index contributed by atoms with van der Waals surface area (Å²) in [4.78, 5) is 29.5. The lowest BCUT2D eigenvalue weighted by atomic mass is 9.64. The first kappa shape index (κ1) is 25.7. The van der Waals surface area contributed by atoms with Gasteiger partial charge < -0.3 is 19.7 Å². The van der Waals surface area contributed by atoms with Crippen molar-refractivity contribution in [3.8, 4) is 5.75 Å². The third-order valence-corrected chi connectivity index (χ3v) is 8.69. The number of nitrogens with one attached hydrogen (secondary N) is 1. The van der Waals surface area contributed by atoms with Crippen LogP contribution in [0.15, 0.2) is 65.1 Å². The van der Waals surface area contributed by atoms with E-state index in [1.54, 1.807) is 23.1 Å². The quantitative estimate of drug-likeness (QED) is 0.354. The van der Waals surface area contributed by atoms with Crippen molar-refractivity contribution < 1.29 is 19.1 Å². The van der Waals surface area contributed by atoms with Gasteiger partial charge in [0.15, 0.2) is 0 Å². The van der Waals surface area contributed by atoms with Crippen LogP contribution in [0.5, 0.6) is 5.75 Å². The number of rotatable bonds is 4. The van der Waals surface area contributed by atoms with Crippen molar-refractivity contribution in [2.75, 3.05) is 30.0 Å². The summed E-state index contributed by atoms with van der Waals surface area (Å²) in [7, 11) is 0. The van der Waals surface area contributed by atoms with Gasteiger partial charge in [0.05, 0.1) is 18.9 Å². The molecule has 0 radical (unpaired) electrons. The van der Waals surface area contributed by atoms with Crippen LogP contribution < -0.4 is 15.0 Å². The third kappa shape index (κ3) is 4.49. The summed E-state index contributed by atoms with van der Waals surface area (Å²) in [6.07, 6.45) is 1.68. The number of carbonyl (C=O) groups excluding carboxylic acids is 2. The molecule has 2 saturated heterocycles. The summed E-state index contributed by atoms with van der Waals surface area (Å²) in [6, 6.07) is 18.5. The molecule has 2 amide bonds. The minimum absolute atomic E-state index is 0.00520. The normalized spacial score (nSPS) is 23.4. The van der Waals surface area contributed by atoms with E-state index in [1.165, 1.54) is 0 Å². The topological polar surface area (TPSA) is 67.9 Å². The molecule has 0 saturated carbocycles. The van der Waals surface area contributed by atoms with Crippen molar-refractivity contribution in [2.24, 2.45) is 0 Å². The largest absolute Gasteiger partial charge is 0.488 e. The fraction of sp³-hybridized carbons (Fsp3) is 0.310. The second kappa shape index (κ2) is 10.2. The van der Waals surface area contributed by atoms with E-state index in [1.807, 2.05) is 42.5 Å². The number of piperidine rings is 1. The molecule has 0 bridgehead atoms. The Hall–Kier alpha value is -2.58. The average molecular weight is 616 g/mol. The molecule has 6 nitrogen and oxygen atoms in total. The van der Waals surface area contributed by atoms with E-state index >= 15 is 0 Å². The molecule has 3 heterocycles. The lowest BCUT2D eigenvalue weighted by molar-refractivity contribution is -0.126. The van der Waals surface area contributed by atoms with Crippen LogP contribution in [0.2, 0.25) is 10.0 Å². The zero-order valence-electron chi connectivity index (χ0n) is 20.4. The van der Waals surface area contributed by atoms with Crippen molar-refractivity contribution >= 4 is 62.3 Å². The highest BCUT2D eigenvalue weighted by Gasteiger charge is 2.57. The number of fused-ring (bicyclic) bond motifs is 2. The van der Waals surface area contributed by atoms with Gasteiger partial charge in [-0.15, -0.1) is 0 Å². The van der Waals surface area contributed by atoms with E-state index < -0.39 is 11.3 Å². The Bertz CT molecular complexity index is 1430. The molecule has 3 aromatic rings. The minimum Gasteiger partial charge on any atom is -0.488 e. The van der Waals surface area contributed by atoms with Gasteiger partial charge in [0.2, 0.25) is 11.8 Å². The standard InChI is InChI=1S/C29H25BrCl2N2O4/c30-18-4-7-26(38-21-8-10-37-11-9-21)25(13-18)34-16-29(22-6-5-20(32)14-24(22)33-28(29)36)23(15-27(34)35)17-2-1-3-19(31)12-17/h1-7,12-14,21,23H,8-11,15-16H2,(H,33,36). The SMILES string of the molecule is O=C1CC(c2cccc(Cl)c2)C2(CN1c1cc(Br)ccc1OC1CCOCC1)C(=O)Nc1cc(Cl)ccc12. The van der Waals surface area contributed by atoms with Crippen LogP contribution >= 0.6 is 39.1 Å². The number of hydrogen-bond donors (Lipinski definition) is 1. The fourth-order valence-electron chi connectivity index (χ4n) is 5.89. The highest BCUT2D eigenvalue weighted by atomic mass is 79.9. The van der Waals surface area contributed by atoms with Crippen molar-refractivity contribution in [2.45, 2.75) is 36.7 Å². The molecule has 3 aliphatic heterocycles. The summed E-state index contributed by atoms with van der Waals surface area (Å²) in [5.74, 6) is -0.0659. The highest BCUT2D eigenvalue weighted by Crippen LogP contribution is 2.53. The van der Waals surface area contributed by atoms with Crippen LogP contribution in [0.3, 0.4) is 0 Å². The summed E-state index contributed by atoms with van der Waals surface area (Å²) in [5, 5.41) is 4.13. The van der Waals surface area contributed by atoms with Crippen LogP contribution in [0.1, 0.15) is 36.3 Å². The Kier molecular flexibility index (Phi) is 6.89. The maximum Gasteiger partial charge on any atom is 0.237 e. The molecule has 1 spiro atoms. The number of hydrogen-bond acceptors (Lipinski definition) is 4. The minimum atomic E-state index is -1.04. The monoisotopic (exact) mass is 614 g/mol. The number of carbonyl (C=O) groups is 2. The number of benzene rings is 3. The molecule has 3 aliphatic rings. The molecule has 3 aromatic carbocycles. The maximum absolute atomic E-state index is 14.0.